The molecule has 22 heavy (non-hydrogen) atoms. The highest BCUT2D eigenvalue weighted by atomic mass is 79.9. The summed E-state index contributed by atoms with van der Waals surface area (Å²) in [5.41, 5.74) is 1.94. The van der Waals surface area contributed by atoms with Gasteiger partial charge in [0, 0.05) is 25.3 Å². The van der Waals surface area contributed by atoms with Gasteiger partial charge in [-0.1, -0.05) is 43.6 Å². The standard InChI is InChI=1S/C14H12Br2NO3PS/c15-9-1-3-11-13(7-9)22-14-8-10(16)2-4-12(14)17(11)5-6-21(18,19)20/h1-4,7-8H,5-6H2,(H2,18,19,20). The zero-order valence-corrected chi connectivity index (χ0v) is 16.1. The molecule has 3 rings (SSSR count). The summed E-state index contributed by atoms with van der Waals surface area (Å²) in [4.78, 5) is 22.5. The smallest absolute Gasteiger partial charge is 0.327 e. The molecule has 0 aliphatic carbocycles. The first kappa shape index (κ1) is 16.6. The Balaban J connectivity index is 2.05. The number of benzene rings is 2. The largest absolute Gasteiger partial charge is 0.339 e. The summed E-state index contributed by atoms with van der Waals surface area (Å²) in [6, 6.07) is 11.9. The molecule has 0 fully saturated rings. The van der Waals surface area contributed by atoms with Crippen LogP contribution in [0.25, 0.3) is 0 Å². The van der Waals surface area contributed by atoms with Crippen LogP contribution >= 0.6 is 51.2 Å². The molecule has 2 N–H and O–H groups in total. The maximum Gasteiger partial charge on any atom is 0.327 e. The molecular weight excluding hydrogens is 453 g/mol. The summed E-state index contributed by atoms with van der Waals surface area (Å²) in [6.07, 6.45) is -0.178. The minimum atomic E-state index is -4.04. The van der Waals surface area contributed by atoms with Gasteiger partial charge in [0.15, 0.2) is 0 Å². The molecule has 116 valence electrons. The average Bonchev–Trinajstić information content (AvgIpc) is 2.42. The van der Waals surface area contributed by atoms with Crippen LogP contribution < -0.4 is 4.90 Å². The van der Waals surface area contributed by atoms with E-state index in [-0.39, 0.29) is 12.7 Å². The number of halogens is 2. The fourth-order valence-electron chi connectivity index (χ4n) is 2.30. The first-order valence-corrected chi connectivity index (χ1v) is 10.6. The Kier molecular flexibility index (Phi) is 4.74. The van der Waals surface area contributed by atoms with Crippen molar-refractivity contribution in [1.29, 1.82) is 0 Å². The first-order valence-electron chi connectivity index (χ1n) is 6.42. The van der Waals surface area contributed by atoms with E-state index >= 15 is 0 Å². The van der Waals surface area contributed by atoms with Crippen LogP contribution in [0.1, 0.15) is 0 Å². The highest BCUT2D eigenvalue weighted by molar-refractivity contribution is 9.10. The number of anilines is 2. The predicted octanol–water partition coefficient (Wildman–Crippen LogP) is 4.99. The van der Waals surface area contributed by atoms with E-state index in [9.17, 15) is 14.4 Å². The van der Waals surface area contributed by atoms with Gasteiger partial charge in [0.25, 0.3) is 0 Å². The number of fused-ring (bicyclic) bond motifs is 2. The van der Waals surface area contributed by atoms with E-state index in [0.717, 1.165) is 30.1 Å². The fraction of sp³-hybridized carbons (Fsp3) is 0.143. The summed E-state index contributed by atoms with van der Waals surface area (Å²) in [6.45, 7) is 0.272. The van der Waals surface area contributed by atoms with Crippen LogP contribution in [0, 0.1) is 0 Å². The highest BCUT2D eigenvalue weighted by Gasteiger charge is 2.25. The Morgan fingerprint density at radius 3 is 1.95 bits per heavy atom. The molecular formula is C14H12Br2NO3PS. The molecule has 0 atom stereocenters. The van der Waals surface area contributed by atoms with Crippen LogP contribution in [0.4, 0.5) is 11.4 Å². The van der Waals surface area contributed by atoms with Crippen molar-refractivity contribution in [2.45, 2.75) is 9.79 Å². The maximum absolute atomic E-state index is 11.3. The third-order valence-corrected chi connectivity index (χ3v) is 6.12. The summed E-state index contributed by atoms with van der Waals surface area (Å²) < 4.78 is 13.2. The molecule has 0 spiro atoms. The Morgan fingerprint density at radius 1 is 1.00 bits per heavy atom. The van der Waals surface area contributed by atoms with Crippen molar-refractivity contribution in [2.24, 2.45) is 0 Å². The van der Waals surface area contributed by atoms with Gasteiger partial charge in [-0.05, 0) is 36.4 Å². The molecule has 4 nitrogen and oxygen atoms in total. The predicted molar refractivity (Wildman–Crippen MR) is 96.3 cm³/mol. The lowest BCUT2D eigenvalue weighted by atomic mass is 10.2. The molecule has 0 amide bonds. The lowest BCUT2D eigenvalue weighted by Crippen LogP contribution is -2.24. The molecule has 1 heterocycles. The van der Waals surface area contributed by atoms with Crippen LogP contribution in [0.2, 0.25) is 0 Å². The molecule has 8 heteroatoms. The molecule has 0 saturated carbocycles. The Morgan fingerprint density at radius 2 is 1.50 bits per heavy atom. The molecule has 2 aromatic rings. The van der Waals surface area contributed by atoms with Crippen molar-refractivity contribution in [2.75, 3.05) is 17.6 Å². The second-order valence-electron chi connectivity index (χ2n) is 4.87. The summed E-state index contributed by atoms with van der Waals surface area (Å²) in [7, 11) is -4.04. The molecule has 0 aromatic heterocycles. The van der Waals surface area contributed by atoms with E-state index in [4.69, 9.17) is 0 Å². The topological polar surface area (TPSA) is 60.8 Å². The van der Waals surface area contributed by atoms with E-state index < -0.39 is 7.60 Å². The van der Waals surface area contributed by atoms with Crippen molar-refractivity contribution in [3.05, 3.63) is 45.3 Å². The Labute approximate surface area is 149 Å². The monoisotopic (exact) mass is 463 g/mol. The minimum absolute atomic E-state index is 0.178. The van der Waals surface area contributed by atoms with Crippen molar-refractivity contribution in [3.63, 3.8) is 0 Å². The van der Waals surface area contributed by atoms with Gasteiger partial charge >= 0.3 is 7.60 Å². The molecule has 0 radical (unpaired) electrons. The van der Waals surface area contributed by atoms with Gasteiger partial charge in [0.05, 0.1) is 17.5 Å². The van der Waals surface area contributed by atoms with Gasteiger partial charge in [0.1, 0.15) is 0 Å². The SMILES string of the molecule is O=P(O)(O)CCN1c2ccc(Br)cc2Sc2cc(Br)ccc21. The second-order valence-corrected chi connectivity index (χ2v) is 9.56. The van der Waals surface area contributed by atoms with Crippen molar-refractivity contribution < 1.29 is 14.4 Å². The molecule has 0 saturated heterocycles. The Bertz CT molecular complexity index is 729. The van der Waals surface area contributed by atoms with E-state index in [2.05, 4.69) is 31.9 Å². The summed E-state index contributed by atoms with van der Waals surface area (Å²) in [5.74, 6) is 0. The van der Waals surface area contributed by atoms with Crippen molar-refractivity contribution >= 4 is 62.6 Å². The van der Waals surface area contributed by atoms with Crippen LogP contribution in [0.5, 0.6) is 0 Å². The van der Waals surface area contributed by atoms with Crippen molar-refractivity contribution in [1.82, 2.24) is 0 Å². The third-order valence-electron chi connectivity index (χ3n) is 3.26. The van der Waals surface area contributed by atoms with E-state index in [1.807, 2.05) is 41.3 Å². The Hall–Kier alpha value is -0.300. The van der Waals surface area contributed by atoms with Gasteiger partial charge in [-0.2, -0.15) is 0 Å². The highest BCUT2D eigenvalue weighted by Crippen LogP contribution is 2.50. The van der Waals surface area contributed by atoms with Gasteiger partial charge in [-0.3, -0.25) is 4.57 Å². The van der Waals surface area contributed by atoms with E-state index in [1.54, 1.807) is 11.8 Å². The lowest BCUT2D eigenvalue weighted by molar-refractivity contribution is 0.373. The van der Waals surface area contributed by atoms with E-state index in [1.165, 1.54) is 0 Å². The molecule has 0 unspecified atom stereocenters. The lowest BCUT2D eigenvalue weighted by Gasteiger charge is -2.33. The van der Waals surface area contributed by atoms with Crippen LogP contribution in [0.15, 0.2) is 55.1 Å². The summed E-state index contributed by atoms with van der Waals surface area (Å²) in [5, 5.41) is 0. The number of hydrogen-bond donors (Lipinski definition) is 2. The van der Waals surface area contributed by atoms with Gasteiger partial charge in [0.2, 0.25) is 0 Å². The maximum atomic E-state index is 11.3. The third kappa shape index (κ3) is 3.61. The normalized spacial score (nSPS) is 13.7. The van der Waals surface area contributed by atoms with E-state index in [0.29, 0.717) is 0 Å². The van der Waals surface area contributed by atoms with Crippen LogP contribution in [-0.2, 0) is 4.57 Å². The summed E-state index contributed by atoms with van der Waals surface area (Å²) >= 11 is 8.59. The quantitative estimate of drug-likeness (QED) is 0.626. The van der Waals surface area contributed by atoms with Gasteiger partial charge in [-0.15, -0.1) is 0 Å². The average molecular weight is 465 g/mol. The number of hydrogen-bond acceptors (Lipinski definition) is 3. The number of nitrogens with zero attached hydrogens (tertiary/aromatic N) is 1. The second kappa shape index (κ2) is 6.30. The van der Waals surface area contributed by atoms with Crippen LogP contribution in [-0.4, -0.2) is 22.5 Å². The van der Waals surface area contributed by atoms with Gasteiger partial charge < -0.3 is 14.7 Å². The number of rotatable bonds is 3. The van der Waals surface area contributed by atoms with Gasteiger partial charge in [-0.25, -0.2) is 0 Å². The zero-order valence-electron chi connectivity index (χ0n) is 11.2. The molecule has 1 aliphatic rings. The molecule has 1 aliphatic heterocycles. The first-order chi connectivity index (χ1) is 10.3. The van der Waals surface area contributed by atoms with Crippen molar-refractivity contribution in [3.8, 4) is 0 Å². The van der Waals surface area contributed by atoms with Crippen LogP contribution in [0.3, 0.4) is 0 Å². The molecule has 0 bridgehead atoms. The molecule has 2 aromatic carbocycles. The minimum Gasteiger partial charge on any atom is -0.339 e. The fourth-order valence-corrected chi connectivity index (χ4v) is 4.96. The zero-order chi connectivity index (χ0) is 15.9.